The lowest BCUT2D eigenvalue weighted by Gasteiger charge is -2.08. The number of hydrogen-bond donors (Lipinski definition) is 1. The van der Waals surface area contributed by atoms with E-state index in [0.29, 0.717) is 19.0 Å². The Labute approximate surface area is 120 Å². The van der Waals surface area contributed by atoms with E-state index in [0.717, 1.165) is 5.75 Å². The van der Waals surface area contributed by atoms with E-state index in [-0.39, 0.29) is 10.8 Å². The number of ether oxygens (including phenoxy) is 1. The van der Waals surface area contributed by atoms with Crippen LogP contribution in [0.3, 0.4) is 0 Å². The number of benzene rings is 1. The van der Waals surface area contributed by atoms with Crippen LogP contribution < -0.4 is 10.1 Å². The smallest absolute Gasteiger partial charge is 0.276 e. The third kappa shape index (κ3) is 4.10. The maximum absolute atomic E-state index is 10.7. The van der Waals surface area contributed by atoms with Gasteiger partial charge in [0.05, 0.1) is 23.6 Å². The van der Waals surface area contributed by atoms with Gasteiger partial charge in [0.15, 0.2) is 0 Å². The van der Waals surface area contributed by atoms with Gasteiger partial charge >= 0.3 is 0 Å². The molecule has 104 valence electrons. The fourth-order valence-corrected chi connectivity index (χ4v) is 1.75. The van der Waals surface area contributed by atoms with Crippen LogP contribution >= 0.6 is 11.6 Å². The highest BCUT2D eigenvalue weighted by atomic mass is 35.5. The van der Waals surface area contributed by atoms with Crippen LogP contribution in [-0.4, -0.2) is 23.1 Å². The summed E-state index contributed by atoms with van der Waals surface area (Å²) in [6.45, 7) is 0.866. The van der Waals surface area contributed by atoms with Crippen LogP contribution in [0.25, 0.3) is 0 Å². The lowest BCUT2D eigenvalue weighted by Crippen LogP contribution is -2.12. The molecule has 0 atom stereocenters. The highest BCUT2D eigenvalue weighted by Gasteiger charge is 2.09. The number of rotatable bonds is 6. The topological polar surface area (TPSA) is 77.3 Å². The summed E-state index contributed by atoms with van der Waals surface area (Å²) in [7, 11) is 0. The molecule has 2 aromatic rings. The Hall–Kier alpha value is -2.34. The molecule has 0 unspecified atom stereocenters. The van der Waals surface area contributed by atoms with Gasteiger partial charge in [-0.2, -0.15) is 0 Å². The van der Waals surface area contributed by atoms with Crippen molar-refractivity contribution in [1.29, 1.82) is 0 Å². The fraction of sp³-hybridized carbons (Fsp3) is 0.154. The van der Waals surface area contributed by atoms with E-state index in [2.05, 4.69) is 10.3 Å². The van der Waals surface area contributed by atoms with E-state index in [9.17, 15) is 10.1 Å². The van der Waals surface area contributed by atoms with Gasteiger partial charge in [-0.1, -0.05) is 29.8 Å². The van der Waals surface area contributed by atoms with E-state index in [1.54, 1.807) is 0 Å². The van der Waals surface area contributed by atoms with Crippen LogP contribution in [0.5, 0.6) is 5.75 Å². The molecule has 7 heteroatoms. The van der Waals surface area contributed by atoms with Crippen molar-refractivity contribution in [2.24, 2.45) is 0 Å². The van der Waals surface area contributed by atoms with Gasteiger partial charge < -0.3 is 10.1 Å². The molecule has 1 N–H and O–H groups in total. The molecule has 0 saturated carbocycles. The average Bonchev–Trinajstić information content (AvgIpc) is 2.44. The SMILES string of the molecule is O=[N+]([O-])c1cc(Cl)nc(NCCOc2ccccc2)c1. The van der Waals surface area contributed by atoms with Gasteiger partial charge in [-0.3, -0.25) is 10.1 Å². The van der Waals surface area contributed by atoms with Crippen molar-refractivity contribution in [2.45, 2.75) is 0 Å². The van der Waals surface area contributed by atoms with Gasteiger partial charge in [-0.15, -0.1) is 0 Å². The molecule has 1 aromatic carbocycles. The van der Waals surface area contributed by atoms with Crippen molar-refractivity contribution in [2.75, 3.05) is 18.5 Å². The predicted molar refractivity (Wildman–Crippen MR) is 76.3 cm³/mol. The maximum Gasteiger partial charge on any atom is 0.276 e. The second-order valence-electron chi connectivity index (χ2n) is 3.88. The molecule has 0 radical (unpaired) electrons. The number of nitrogens with one attached hydrogen (secondary N) is 1. The summed E-state index contributed by atoms with van der Waals surface area (Å²) in [4.78, 5) is 14.1. The second-order valence-corrected chi connectivity index (χ2v) is 4.27. The van der Waals surface area contributed by atoms with Gasteiger partial charge in [0.1, 0.15) is 23.3 Å². The molecule has 0 aliphatic rings. The summed E-state index contributed by atoms with van der Waals surface area (Å²) < 4.78 is 5.48. The van der Waals surface area contributed by atoms with Crippen LogP contribution in [0.1, 0.15) is 0 Å². The lowest BCUT2D eigenvalue weighted by atomic mass is 10.3. The Kier molecular flexibility index (Phi) is 4.73. The van der Waals surface area contributed by atoms with Gasteiger partial charge in [-0.05, 0) is 12.1 Å². The zero-order chi connectivity index (χ0) is 14.4. The molecule has 1 heterocycles. The molecular formula is C13H12ClN3O3. The number of para-hydroxylation sites is 1. The minimum atomic E-state index is -0.515. The third-order valence-electron chi connectivity index (χ3n) is 2.41. The molecule has 0 aliphatic carbocycles. The van der Waals surface area contributed by atoms with Crippen molar-refractivity contribution in [3.8, 4) is 5.75 Å². The van der Waals surface area contributed by atoms with Gasteiger partial charge in [0.2, 0.25) is 0 Å². The summed E-state index contributed by atoms with van der Waals surface area (Å²) in [5, 5.41) is 13.7. The molecule has 0 bridgehead atoms. The van der Waals surface area contributed by atoms with E-state index < -0.39 is 4.92 Å². The molecule has 20 heavy (non-hydrogen) atoms. The van der Waals surface area contributed by atoms with Crippen LogP contribution in [0.4, 0.5) is 11.5 Å². The number of aromatic nitrogens is 1. The highest BCUT2D eigenvalue weighted by molar-refractivity contribution is 6.29. The molecular weight excluding hydrogens is 282 g/mol. The molecule has 0 spiro atoms. The average molecular weight is 294 g/mol. The summed E-state index contributed by atoms with van der Waals surface area (Å²) in [6, 6.07) is 11.9. The van der Waals surface area contributed by atoms with Gasteiger partial charge in [-0.25, -0.2) is 4.98 Å². The fourth-order valence-electron chi connectivity index (χ4n) is 1.54. The lowest BCUT2D eigenvalue weighted by molar-refractivity contribution is -0.384. The third-order valence-corrected chi connectivity index (χ3v) is 2.60. The van der Waals surface area contributed by atoms with Crippen molar-refractivity contribution in [3.05, 3.63) is 57.7 Å². The zero-order valence-electron chi connectivity index (χ0n) is 10.5. The standard InChI is InChI=1S/C13H12ClN3O3/c14-12-8-10(17(18)19)9-13(16-12)15-6-7-20-11-4-2-1-3-5-11/h1-5,8-9H,6-7H2,(H,15,16). The molecule has 0 saturated heterocycles. The first kappa shape index (κ1) is 14.1. The number of nitrogens with zero attached hydrogens (tertiary/aromatic N) is 2. The molecule has 2 rings (SSSR count). The van der Waals surface area contributed by atoms with E-state index >= 15 is 0 Å². The van der Waals surface area contributed by atoms with Crippen LogP contribution in [0, 0.1) is 10.1 Å². The highest BCUT2D eigenvalue weighted by Crippen LogP contribution is 2.20. The van der Waals surface area contributed by atoms with Gasteiger partial charge in [0.25, 0.3) is 5.69 Å². The molecule has 0 amide bonds. The molecule has 0 fully saturated rings. The Bertz CT molecular complexity index is 593. The van der Waals surface area contributed by atoms with E-state index in [1.807, 2.05) is 30.3 Å². The summed E-state index contributed by atoms with van der Waals surface area (Å²) in [6.07, 6.45) is 0. The first-order chi connectivity index (χ1) is 9.65. The first-order valence-corrected chi connectivity index (χ1v) is 6.26. The first-order valence-electron chi connectivity index (χ1n) is 5.89. The second kappa shape index (κ2) is 6.72. The largest absolute Gasteiger partial charge is 0.492 e. The Morgan fingerprint density at radius 2 is 2.05 bits per heavy atom. The monoisotopic (exact) mass is 293 g/mol. The van der Waals surface area contributed by atoms with Crippen molar-refractivity contribution < 1.29 is 9.66 Å². The maximum atomic E-state index is 10.7. The Morgan fingerprint density at radius 1 is 1.30 bits per heavy atom. The van der Waals surface area contributed by atoms with Crippen LogP contribution in [0.15, 0.2) is 42.5 Å². The predicted octanol–water partition coefficient (Wildman–Crippen LogP) is 3.13. The molecule has 6 nitrogen and oxygen atoms in total. The molecule has 0 aliphatic heterocycles. The van der Waals surface area contributed by atoms with Crippen molar-refractivity contribution >= 4 is 23.1 Å². The van der Waals surface area contributed by atoms with Crippen molar-refractivity contribution in [3.63, 3.8) is 0 Å². The van der Waals surface area contributed by atoms with Crippen LogP contribution in [0.2, 0.25) is 5.15 Å². The number of anilines is 1. The number of nitro groups is 1. The summed E-state index contributed by atoms with van der Waals surface area (Å²) in [5.74, 6) is 1.11. The summed E-state index contributed by atoms with van der Waals surface area (Å²) >= 11 is 5.72. The molecule has 1 aromatic heterocycles. The Morgan fingerprint density at radius 3 is 2.75 bits per heavy atom. The zero-order valence-corrected chi connectivity index (χ0v) is 11.2. The number of pyridine rings is 1. The van der Waals surface area contributed by atoms with Crippen molar-refractivity contribution in [1.82, 2.24) is 4.98 Å². The quantitative estimate of drug-likeness (QED) is 0.383. The minimum absolute atomic E-state index is 0.0747. The Balaban J connectivity index is 1.86. The summed E-state index contributed by atoms with van der Waals surface area (Å²) in [5.41, 5.74) is -0.100. The number of hydrogen-bond acceptors (Lipinski definition) is 5. The normalized spacial score (nSPS) is 10.1. The van der Waals surface area contributed by atoms with E-state index in [4.69, 9.17) is 16.3 Å². The van der Waals surface area contributed by atoms with E-state index in [1.165, 1.54) is 12.1 Å². The number of halogens is 1. The minimum Gasteiger partial charge on any atom is -0.492 e. The van der Waals surface area contributed by atoms with Gasteiger partial charge in [0, 0.05) is 0 Å². The van der Waals surface area contributed by atoms with Crippen LogP contribution in [-0.2, 0) is 0 Å².